The molecule has 0 fully saturated rings. The predicted molar refractivity (Wildman–Crippen MR) is 74.4 cm³/mol. The molecule has 0 saturated heterocycles. The molecule has 0 radical (unpaired) electrons. The van der Waals surface area contributed by atoms with E-state index in [1.54, 1.807) is 0 Å². The Hall–Kier alpha value is -2.97. The first kappa shape index (κ1) is 14.9. The fourth-order valence-corrected chi connectivity index (χ4v) is 2.38. The number of ether oxygens (including phenoxy) is 1. The van der Waals surface area contributed by atoms with Crippen molar-refractivity contribution in [2.75, 3.05) is 6.61 Å². The molecular weight excluding hydrogens is 307 g/mol. The van der Waals surface area contributed by atoms with E-state index in [-0.39, 0.29) is 24.2 Å². The zero-order chi connectivity index (χ0) is 16.4. The van der Waals surface area contributed by atoms with Crippen molar-refractivity contribution in [2.24, 2.45) is 0 Å². The number of aromatic carboxylic acids is 1. The van der Waals surface area contributed by atoms with Gasteiger partial charge in [-0.25, -0.2) is 13.9 Å². The lowest BCUT2D eigenvalue weighted by Gasteiger charge is -2.26. The highest BCUT2D eigenvalue weighted by Crippen LogP contribution is 2.32. The van der Waals surface area contributed by atoms with E-state index >= 15 is 0 Å². The molecule has 1 aliphatic heterocycles. The van der Waals surface area contributed by atoms with Crippen LogP contribution in [0.3, 0.4) is 0 Å². The quantitative estimate of drug-likeness (QED) is 0.861. The fraction of sp³-hybridized carbons (Fsp3) is 0.286. The summed E-state index contributed by atoms with van der Waals surface area (Å²) < 4.78 is 19.9. The lowest BCUT2D eigenvalue weighted by Crippen LogP contribution is -2.34. The number of nitrogens with one attached hydrogen (secondary N) is 1. The second-order valence-electron chi connectivity index (χ2n) is 5.05. The number of amides is 1. The van der Waals surface area contributed by atoms with Crippen LogP contribution in [0.5, 0.6) is 5.75 Å². The first-order valence-corrected chi connectivity index (χ1v) is 6.88. The third-order valence-electron chi connectivity index (χ3n) is 3.41. The van der Waals surface area contributed by atoms with Crippen molar-refractivity contribution in [3.63, 3.8) is 0 Å². The van der Waals surface area contributed by atoms with Crippen molar-refractivity contribution < 1.29 is 23.8 Å². The third-order valence-corrected chi connectivity index (χ3v) is 3.41. The molecular formula is C14H13FN4O4. The minimum absolute atomic E-state index is 0.178. The van der Waals surface area contributed by atoms with Gasteiger partial charge in [-0.15, -0.1) is 5.10 Å². The third kappa shape index (κ3) is 3.28. The Balaban J connectivity index is 1.69. The number of nitrogens with zero attached hydrogens (tertiary/aromatic N) is 3. The lowest BCUT2D eigenvalue weighted by atomic mass is 10.0. The number of benzene rings is 1. The van der Waals surface area contributed by atoms with Crippen molar-refractivity contribution in [2.45, 2.75) is 19.0 Å². The van der Waals surface area contributed by atoms with Crippen LogP contribution in [-0.2, 0) is 11.3 Å². The average Bonchev–Trinajstić information content (AvgIpc) is 2.96. The smallest absolute Gasteiger partial charge is 0.358 e. The number of carboxylic acid groups (broad SMARTS) is 1. The molecule has 0 bridgehead atoms. The number of rotatable bonds is 4. The van der Waals surface area contributed by atoms with Crippen LogP contribution in [0, 0.1) is 5.82 Å². The summed E-state index contributed by atoms with van der Waals surface area (Å²) >= 11 is 0. The summed E-state index contributed by atoms with van der Waals surface area (Å²) in [6, 6.07) is 3.78. The van der Waals surface area contributed by atoms with Gasteiger partial charge < -0.3 is 15.2 Å². The lowest BCUT2D eigenvalue weighted by molar-refractivity contribution is -0.122. The predicted octanol–water partition coefficient (Wildman–Crippen LogP) is 0.755. The van der Waals surface area contributed by atoms with Gasteiger partial charge in [-0.05, 0) is 18.2 Å². The van der Waals surface area contributed by atoms with Gasteiger partial charge in [0.05, 0.1) is 18.8 Å². The Morgan fingerprint density at radius 3 is 3.04 bits per heavy atom. The zero-order valence-electron chi connectivity index (χ0n) is 11.9. The van der Waals surface area contributed by atoms with Gasteiger partial charge in [-0.3, -0.25) is 4.79 Å². The standard InChI is InChI=1S/C14H13FN4O4/c15-8-1-2-12-9(5-8)10(3-4-23-12)16-13(20)7-19-6-11(14(21)22)17-18-19/h1-2,5-6,10H,3-4,7H2,(H,16,20)(H,21,22). The van der Waals surface area contributed by atoms with E-state index in [2.05, 4.69) is 15.6 Å². The molecule has 0 aliphatic carbocycles. The van der Waals surface area contributed by atoms with Crippen LogP contribution >= 0.6 is 0 Å². The van der Waals surface area contributed by atoms with Crippen LogP contribution in [0.25, 0.3) is 0 Å². The first-order chi connectivity index (χ1) is 11.0. The molecule has 0 saturated carbocycles. The highest BCUT2D eigenvalue weighted by molar-refractivity contribution is 5.84. The van der Waals surface area contributed by atoms with Gasteiger partial charge in [0.1, 0.15) is 18.1 Å². The van der Waals surface area contributed by atoms with Crippen molar-refractivity contribution in [3.05, 3.63) is 41.5 Å². The monoisotopic (exact) mass is 320 g/mol. The van der Waals surface area contributed by atoms with E-state index in [0.717, 1.165) is 4.68 Å². The largest absolute Gasteiger partial charge is 0.493 e. The second kappa shape index (κ2) is 6.03. The molecule has 120 valence electrons. The maximum atomic E-state index is 13.4. The number of fused-ring (bicyclic) bond motifs is 1. The van der Waals surface area contributed by atoms with Gasteiger partial charge in [0, 0.05) is 12.0 Å². The summed E-state index contributed by atoms with van der Waals surface area (Å²) in [7, 11) is 0. The summed E-state index contributed by atoms with van der Waals surface area (Å²) in [6.07, 6.45) is 1.68. The van der Waals surface area contributed by atoms with Crippen molar-refractivity contribution in [1.82, 2.24) is 20.3 Å². The van der Waals surface area contributed by atoms with Gasteiger partial charge in [-0.2, -0.15) is 0 Å². The Bertz CT molecular complexity index is 761. The van der Waals surface area contributed by atoms with Crippen LogP contribution < -0.4 is 10.1 Å². The van der Waals surface area contributed by atoms with E-state index < -0.39 is 11.8 Å². The van der Waals surface area contributed by atoms with Crippen LogP contribution in [-0.4, -0.2) is 38.6 Å². The van der Waals surface area contributed by atoms with E-state index in [1.165, 1.54) is 24.4 Å². The molecule has 1 atom stereocenters. The maximum absolute atomic E-state index is 13.4. The summed E-state index contributed by atoms with van der Waals surface area (Å²) in [6.45, 7) is 0.234. The highest BCUT2D eigenvalue weighted by atomic mass is 19.1. The first-order valence-electron chi connectivity index (χ1n) is 6.88. The molecule has 1 amide bonds. The molecule has 2 N–H and O–H groups in total. The van der Waals surface area contributed by atoms with Crippen LogP contribution in [0.1, 0.15) is 28.5 Å². The molecule has 1 aromatic heterocycles. The number of halogens is 1. The summed E-state index contributed by atoms with van der Waals surface area (Å²) in [5.41, 5.74) is 0.339. The zero-order valence-corrected chi connectivity index (χ0v) is 11.9. The minimum atomic E-state index is -1.22. The van der Waals surface area contributed by atoms with Crippen molar-refractivity contribution in [1.29, 1.82) is 0 Å². The van der Waals surface area contributed by atoms with Crippen LogP contribution in [0.4, 0.5) is 4.39 Å². The summed E-state index contributed by atoms with van der Waals surface area (Å²) in [4.78, 5) is 22.8. The van der Waals surface area contributed by atoms with Gasteiger partial charge in [0.2, 0.25) is 5.91 Å². The molecule has 23 heavy (non-hydrogen) atoms. The average molecular weight is 320 g/mol. The van der Waals surface area contributed by atoms with Gasteiger partial charge in [-0.1, -0.05) is 5.21 Å². The van der Waals surface area contributed by atoms with E-state index in [9.17, 15) is 14.0 Å². The van der Waals surface area contributed by atoms with Crippen molar-refractivity contribution in [3.8, 4) is 5.75 Å². The van der Waals surface area contributed by atoms with Gasteiger partial charge >= 0.3 is 5.97 Å². The van der Waals surface area contributed by atoms with E-state index in [1.807, 2.05) is 0 Å². The minimum Gasteiger partial charge on any atom is -0.493 e. The topological polar surface area (TPSA) is 106 Å². The van der Waals surface area contributed by atoms with E-state index in [0.29, 0.717) is 24.3 Å². The molecule has 3 rings (SSSR count). The number of aromatic nitrogens is 3. The number of carboxylic acids is 1. The van der Waals surface area contributed by atoms with E-state index in [4.69, 9.17) is 9.84 Å². The number of carbonyl (C=O) groups is 2. The molecule has 8 nitrogen and oxygen atoms in total. The maximum Gasteiger partial charge on any atom is 0.358 e. The Morgan fingerprint density at radius 1 is 1.48 bits per heavy atom. The van der Waals surface area contributed by atoms with Crippen molar-refractivity contribution >= 4 is 11.9 Å². The normalized spacial score (nSPS) is 16.3. The van der Waals surface area contributed by atoms with Gasteiger partial charge in [0.15, 0.2) is 5.69 Å². The molecule has 1 unspecified atom stereocenters. The highest BCUT2D eigenvalue weighted by Gasteiger charge is 2.24. The summed E-state index contributed by atoms with van der Waals surface area (Å²) in [5, 5.41) is 18.5. The Kier molecular flexibility index (Phi) is 3.92. The fourth-order valence-electron chi connectivity index (χ4n) is 2.38. The number of carbonyl (C=O) groups excluding carboxylic acids is 1. The number of hydrogen-bond acceptors (Lipinski definition) is 5. The molecule has 0 spiro atoms. The number of hydrogen-bond donors (Lipinski definition) is 2. The molecule has 1 aromatic carbocycles. The SMILES string of the molecule is O=C(Cn1cc(C(=O)O)nn1)NC1CCOc2ccc(F)cc21. The molecule has 1 aliphatic rings. The van der Waals surface area contributed by atoms with Gasteiger partial charge in [0.25, 0.3) is 0 Å². The molecule has 2 aromatic rings. The Morgan fingerprint density at radius 2 is 2.30 bits per heavy atom. The molecule has 2 heterocycles. The molecule has 9 heteroatoms. The van der Waals surface area contributed by atoms with Crippen LogP contribution in [0.15, 0.2) is 24.4 Å². The summed E-state index contributed by atoms with van der Waals surface area (Å²) in [5.74, 6) is -1.47. The second-order valence-corrected chi connectivity index (χ2v) is 5.05. The Labute approximate surface area is 129 Å². The van der Waals surface area contributed by atoms with Crippen LogP contribution in [0.2, 0.25) is 0 Å².